The molecule has 0 spiro atoms. The molecular formula is C42H30Cl4F6N4O8. The van der Waals surface area contributed by atoms with Crippen LogP contribution in [0.25, 0.3) is 0 Å². The first kappa shape index (κ1) is 47.8. The van der Waals surface area contributed by atoms with E-state index in [1.807, 2.05) is 0 Å². The number of carbonyl (C=O) groups is 5. The number of halogens is 10. The summed E-state index contributed by atoms with van der Waals surface area (Å²) in [6.45, 7) is 4.01. The van der Waals surface area contributed by atoms with E-state index < -0.39 is 60.1 Å². The monoisotopic (exact) mass is 972 g/mol. The van der Waals surface area contributed by atoms with Gasteiger partial charge in [0.15, 0.2) is 0 Å². The maximum absolute atomic E-state index is 14.1. The van der Waals surface area contributed by atoms with Crippen LogP contribution in [-0.4, -0.2) is 58.3 Å². The molecule has 4 aromatic rings. The van der Waals surface area contributed by atoms with Crippen molar-refractivity contribution in [2.45, 2.75) is 70.3 Å². The fourth-order valence-corrected chi connectivity index (χ4v) is 8.11. The number of hydrogen-bond donors (Lipinski definition) is 1. The van der Waals surface area contributed by atoms with Crippen LogP contribution in [0.15, 0.2) is 83.1 Å². The third-order valence-electron chi connectivity index (χ3n) is 10.1. The van der Waals surface area contributed by atoms with Crippen molar-refractivity contribution < 1.29 is 64.7 Å². The molecule has 4 aliphatic heterocycles. The van der Waals surface area contributed by atoms with Gasteiger partial charge in [0, 0.05) is 82.5 Å². The lowest BCUT2D eigenvalue weighted by atomic mass is 9.86. The molecule has 1 N–H and O–H groups in total. The van der Waals surface area contributed by atoms with Crippen molar-refractivity contribution in [3.8, 4) is 0 Å². The number of benzene rings is 4. The lowest BCUT2D eigenvalue weighted by molar-refractivity contribution is -0.276. The van der Waals surface area contributed by atoms with Crippen molar-refractivity contribution in [3.63, 3.8) is 0 Å². The molecular weight excluding hydrogens is 944 g/mol. The van der Waals surface area contributed by atoms with Crippen LogP contribution in [0.5, 0.6) is 0 Å². The van der Waals surface area contributed by atoms with Crippen LogP contribution in [0.1, 0.15) is 87.7 Å². The van der Waals surface area contributed by atoms with Gasteiger partial charge in [-0.3, -0.25) is 28.9 Å². The molecule has 3 amide bonds. The van der Waals surface area contributed by atoms with Crippen LogP contribution in [0.4, 0.5) is 26.3 Å². The number of rotatable bonds is 4. The molecule has 0 fully saturated rings. The standard InChI is InChI=1S/C20H13Cl2F3N2O3.C18H11Cl2F3N2O2.C4H6O3/c1-10(28)27-9-12-4-11(2-3-16(12)18(27)29)17-8-19(30-26-17,20(23,24)25)13-5-14(21)7-15(22)6-13;19-12-4-11(5-13(20)6-12)17(18(21,22)23)7-15(25-27-17)9-1-2-14-10(3-9)8-24-16(14)26;1-3(5)7-4(2)6/h2-7H,8-9H2,1H3;1-6H,7-8H2,(H,24,26);1-2H3. The number of oxime groups is 2. The van der Waals surface area contributed by atoms with Crippen molar-refractivity contribution in [1.29, 1.82) is 0 Å². The highest BCUT2D eigenvalue weighted by molar-refractivity contribution is 6.35. The Kier molecular flexibility index (Phi) is 13.5. The summed E-state index contributed by atoms with van der Waals surface area (Å²) in [4.78, 5) is 66.1. The Morgan fingerprint density at radius 3 is 1.47 bits per heavy atom. The Morgan fingerprint density at radius 1 is 0.656 bits per heavy atom. The number of imide groups is 1. The fraction of sp³-hybridized carbons (Fsp3) is 0.262. The molecule has 4 aromatic carbocycles. The molecule has 0 aromatic heterocycles. The van der Waals surface area contributed by atoms with Gasteiger partial charge in [-0.05, 0) is 82.9 Å². The second-order valence-corrected chi connectivity index (χ2v) is 16.2. The molecule has 0 radical (unpaired) electrons. The number of nitrogens with one attached hydrogen (secondary N) is 1. The van der Waals surface area contributed by atoms with E-state index in [4.69, 9.17) is 56.1 Å². The van der Waals surface area contributed by atoms with Crippen LogP contribution in [-0.2, 0) is 53.1 Å². The largest absolute Gasteiger partial charge is 0.435 e. The maximum Gasteiger partial charge on any atom is 0.435 e. The Labute approximate surface area is 379 Å². The van der Waals surface area contributed by atoms with Gasteiger partial charge in [-0.15, -0.1) is 0 Å². The second-order valence-electron chi connectivity index (χ2n) is 14.5. The van der Waals surface area contributed by atoms with E-state index >= 15 is 0 Å². The first-order chi connectivity index (χ1) is 29.8. The minimum absolute atomic E-state index is 0.0403. The highest BCUT2D eigenvalue weighted by Crippen LogP contribution is 2.51. The summed E-state index contributed by atoms with van der Waals surface area (Å²) in [7, 11) is 0. The zero-order chi connectivity index (χ0) is 47.1. The van der Waals surface area contributed by atoms with Crippen molar-refractivity contribution >= 4 is 87.5 Å². The molecule has 0 aliphatic carbocycles. The molecule has 4 heterocycles. The summed E-state index contributed by atoms with van der Waals surface area (Å²) >= 11 is 23.6. The lowest BCUT2D eigenvalue weighted by Gasteiger charge is -2.29. The van der Waals surface area contributed by atoms with Crippen molar-refractivity contribution in [3.05, 3.63) is 137 Å². The first-order valence-electron chi connectivity index (χ1n) is 18.5. The minimum Gasteiger partial charge on any atom is -0.394 e. The highest BCUT2D eigenvalue weighted by atomic mass is 35.5. The topological polar surface area (TPSA) is 153 Å². The average Bonchev–Trinajstić information content (AvgIpc) is 3.99. The van der Waals surface area contributed by atoms with Gasteiger partial charge in [0.05, 0.1) is 18.0 Å². The number of alkyl halides is 6. The maximum atomic E-state index is 14.1. The summed E-state index contributed by atoms with van der Waals surface area (Å²) in [5.41, 5.74) is -2.81. The smallest absolute Gasteiger partial charge is 0.394 e. The van der Waals surface area contributed by atoms with Crippen LogP contribution >= 0.6 is 46.4 Å². The Balaban J connectivity index is 0.000000186. The Morgan fingerprint density at radius 2 is 1.08 bits per heavy atom. The summed E-state index contributed by atoms with van der Waals surface area (Å²) in [6.07, 6.45) is -10.7. The van der Waals surface area contributed by atoms with E-state index in [2.05, 4.69) is 20.4 Å². The number of carbonyl (C=O) groups excluding carboxylic acids is 5. The number of ether oxygens (including phenoxy) is 1. The van der Waals surface area contributed by atoms with Gasteiger partial charge >= 0.3 is 24.3 Å². The van der Waals surface area contributed by atoms with E-state index in [1.54, 1.807) is 24.3 Å². The highest BCUT2D eigenvalue weighted by Gasteiger charge is 2.63. The molecule has 2 unspecified atom stereocenters. The minimum atomic E-state index is -4.80. The third-order valence-corrected chi connectivity index (χ3v) is 10.9. The first-order valence-corrected chi connectivity index (χ1v) is 20.0. The number of esters is 2. The van der Waals surface area contributed by atoms with Crippen molar-refractivity contribution in [2.24, 2.45) is 10.3 Å². The SMILES string of the molecule is CC(=O)N1Cc2cc(C3=NOC(c4cc(Cl)cc(Cl)c4)(C(F)(F)F)C3)ccc2C1=O.CC(=O)OC(C)=O.O=C1NCc2cc(C3=NOC(c4cc(Cl)cc(Cl)c4)(C(F)(F)F)C3)ccc21. The predicted molar refractivity (Wildman–Crippen MR) is 220 cm³/mol. The number of hydrogen-bond acceptors (Lipinski definition) is 10. The van der Waals surface area contributed by atoms with E-state index in [0.29, 0.717) is 39.9 Å². The van der Waals surface area contributed by atoms with Crippen LogP contribution in [0.2, 0.25) is 20.1 Å². The third kappa shape index (κ3) is 9.69. The van der Waals surface area contributed by atoms with Crippen LogP contribution < -0.4 is 5.32 Å². The summed E-state index contributed by atoms with van der Waals surface area (Å²) in [6, 6.07) is 16.6. The molecule has 0 saturated heterocycles. The van der Waals surface area contributed by atoms with Gasteiger partial charge in [-0.25, -0.2) is 0 Å². The normalized spacial score (nSPS) is 19.7. The Bertz CT molecular complexity index is 2620. The predicted octanol–water partition coefficient (Wildman–Crippen LogP) is 9.99. The fourth-order valence-electron chi connectivity index (χ4n) is 7.06. The number of nitrogens with zero attached hydrogens (tertiary/aromatic N) is 3. The molecule has 0 saturated carbocycles. The Hall–Kier alpha value is -5.69. The molecule has 12 nitrogen and oxygen atoms in total. The molecule has 8 rings (SSSR count). The second kappa shape index (κ2) is 18.1. The van der Waals surface area contributed by atoms with E-state index in [0.717, 1.165) is 17.0 Å². The van der Waals surface area contributed by atoms with Gasteiger partial charge < -0.3 is 19.7 Å². The van der Waals surface area contributed by atoms with E-state index in [-0.39, 0.29) is 55.1 Å². The molecule has 4 aliphatic rings. The number of amides is 3. The summed E-state index contributed by atoms with van der Waals surface area (Å²) < 4.78 is 88.2. The van der Waals surface area contributed by atoms with E-state index in [1.165, 1.54) is 57.2 Å². The molecule has 64 heavy (non-hydrogen) atoms. The molecule has 22 heteroatoms. The van der Waals surface area contributed by atoms with Gasteiger partial charge in [0.1, 0.15) is 0 Å². The number of fused-ring (bicyclic) bond motifs is 2. The van der Waals surface area contributed by atoms with Gasteiger partial charge in [0.25, 0.3) is 23.0 Å². The van der Waals surface area contributed by atoms with Crippen molar-refractivity contribution in [1.82, 2.24) is 10.2 Å². The van der Waals surface area contributed by atoms with Gasteiger partial charge in [-0.1, -0.05) is 68.8 Å². The van der Waals surface area contributed by atoms with Gasteiger partial charge in [0.2, 0.25) is 5.91 Å². The molecule has 0 bridgehead atoms. The van der Waals surface area contributed by atoms with Crippen molar-refractivity contribution in [2.75, 3.05) is 0 Å². The van der Waals surface area contributed by atoms with Crippen LogP contribution in [0, 0.1) is 0 Å². The lowest BCUT2D eigenvalue weighted by Crippen LogP contribution is -2.42. The zero-order valence-corrected chi connectivity index (χ0v) is 36.2. The van der Waals surface area contributed by atoms with Gasteiger partial charge in [-0.2, -0.15) is 26.3 Å². The molecule has 336 valence electrons. The zero-order valence-electron chi connectivity index (χ0n) is 33.1. The summed E-state index contributed by atoms with van der Waals surface area (Å²) in [5, 5.41) is 10.3. The summed E-state index contributed by atoms with van der Waals surface area (Å²) in [5.74, 6) is -2.18. The van der Waals surface area contributed by atoms with E-state index in [9.17, 15) is 50.3 Å². The van der Waals surface area contributed by atoms with Crippen LogP contribution in [0.3, 0.4) is 0 Å². The average molecular weight is 975 g/mol. The quantitative estimate of drug-likeness (QED) is 0.121. The molecule has 2 atom stereocenters.